The molecule has 2 fully saturated rings. The van der Waals surface area contributed by atoms with Crippen molar-refractivity contribution in [2.24, 2.45) is 11.7 Å². The Morgan fingerprint density at radius 3 is 2.82 bits per heavy atom. The predicted octanol–water partition coefficient (Wildman–Crippen LogP) is 3.16. The Labute approximate surface area is 107 Å². The van der Waals surface area contributed by atoms with Crippen molar-refractivity contribution in [1.29, 1.82) is 0 Å². The van der Waals surface area contributed by atoms with Crippen molar-refractivity contribution < 1.29 is 0 Å². The Bertz CT molecular complexity index is 217. The summed E-state index contributed by atoms with van der Waals surface area (Å²) in [6, 6.07) is 1.76. The van der Waals surface area contributed by atoms with Gasteiger partial charge in [0.25, 0.3) is 0 Å². The molecule has 100 valence electrons. The molecule has 0 amide bonds. The van der Waals surface area contributed by atoms with Gasteiger partial charge in [-0.1, -0.05) is 26.2 Å². The van der Waals surface area contributed by atoms with Gasteiger partial charge in [0.15, 0.2) is 0 Å². The van der Waals surface area contributed by atoms with Crippen LogP contribution < -0.4 is 5.73 Å². The lowest BCUT2D eigenvalue weighted by Crippen LogP contribution is -2.42. The van der Waals surface area contributed by atoms with E-state index in [4.69, 9.17) is 5.73 Å². The van der Waals surface area contributed by atoms with Gasteiger partial charge in [0.2, 0.25) is 0 Å². The molecule has 3 unspecified atom stereocenters. The molecule has 1 aliphatic heterocycles. The van der Waals surface area contributed by atoms with Crippen LogP contribution in [0.25, 0.3) is 0 Å². The van der Waals surface area contributed by atoms with Crippen LogP contribution in [-0.2, 0) is 0 Å². The van der Waals surface area contributed by atoms with Crippen molar-refractivity contribution in [2.75, 3.05) is 13.1 Å². The van der Waals surface area contributed by atoms with Gasteiger partial charge < -0.3 is 5.73 Å². The smallest absolute Gasteiger partial charge is 0.0101 e. The average molecular weight is 238 g/mol. The van der Waals surface area contributed by atoms with Gasteiger partial charge in [0.1, 0.15) is 0 Å². The first-order chi connectivity index (χ1) is 8.35. The third-order valence-electron chi connectivity index (χ3n) is 4.97. The van der Waals surface area contributed by atoms with Gasteiger partial charge in [-0.3, -0.25) is 4.90 Å². The van der Waals surface area contributed by atoms with Crippen LogP contribution >= 0.6 is 0 Å². The molecular formula is C15H30N2. The van der Waals surface area contributed by atoms with E-state index in [-0.39, 0.29) is 0 Å². The van der Waals surface area contributed by atoms with Gasteiger partial charge in [-0.15, -0.1) is 0 Å². The summed E-state index contributed by atoms with van der Waals surface area (Å²) >= 11 is 0. The molecule has 17 heavy (non-hydrogen) atoms. The molecule has 1 saturated heterocycles. The van der Waals surface area contributed by atoms with Crippen molar-refractivity contribution in [3.8, 4) is 0 Å². The molecule has 0 radical (unpaired) electrons. The first kappa shape index (κ1) is 13.4. The van der Waals surface area contributed by atoms with E-state index in [1.54, 1.807) is 0 Å². The molecule has 1 aliphatic carbocycles. The minimum absolute atomic E-state index is 0.860. The van der Waals surface area contributed by atoms with Crippen LogP contribution in [0.1, 0.15) is 64.7 Å². The summed E-state index contributed by atoms with van der Waals surface area (Å²) in [5, 5.41) is 0. The largest absolute Gasteiger partial charge is 0.330 e. The van der Waals surface area contributed by atoms with E-state index in [1.807, 2.05) is 0 Å². The molecule has 0 spiro atoms. The van der Waals surface area contributed by atoms with Gasteiger partial charge in [-0.2, -0.15) is 0 Å². The zero-order valence-corrected chi connectivity index (χ0v) is 11.5. The lowest BCUT2D eigenvalue weighted by atomic mass is 9.83. The van der Waals surface area contributed by atoms with Crippen molar-refractivity contribution in [3.05, 3.63) is 0 Å². The fourth-order valence-electron chi connectivity index (χ4n) is 3.94. The number of hydrogen-bond acceptors (Lipinski definition) is 2. The Balaban J connectivity index is 1.86. The standard InChI is InChI=1S/C15H30N2/c1-2-13-6-3-7-15(12-13)17-11-5-9-14(17)8-4-10-16/h13-15H,2-12,16H2,1H3. The van der Waals surface area contributed by atoms with E-state index >= 15 is 0 Å². The number of nitrogens with zero attached hydrogens (tertiary/aromatic N) is 1. The summed E-state index contributed by atoms with van der Waals surface area (Å²) in [6.07, 6.45) is 12.6. The van der Waals surface area contributed by atoms with Gasteiger partial charge >= 0.3 is 0 Å². The molecule has 2 nitrogen and oxygen atoms in total. The van der Waals surface area contributed by atoms with Gasteiger partial charge in [0.05, 0.1) is 0 Å². The molecular weight excluding hydrogens is 208 g/mol. The van der Waals surface area contributed by atoms with E-state index in [1.165, 1.54) is 64.3 Å². The molecule has 1 heterocycles. The van der Waals surface area contributed by atoms with Gasteiger partial charge in [-0.05, 0) is 57.5 Å². The zero-order valence-electron chi connectivity index (χ0n) is 11.5. The lowest BCUT2D eigenvalue weighted by molar-refractivity contribution is 0.111. The average Bonchev–Trinajstić information content (AvgIpc) is 2.84. The molecule has 2 rings (SSSR count). The molecule has 2 aliphatic rings. The topological polar surface area (TPSA) is 29.3 Å². The highest BCUT2D eigenvalue weighted by Gasteiger charge is 2.32. The van der Waals surface area contributed by atoms with Crippen LogP contribution in [0.15, 0.2) is 0 Å². The minimum atomic E-state index is 0.860. The fourth-order valence-corrected chi connectivity index (χ4v) is 3.94. The Morgan fingerprint density at radius 1 is 1.18 bits per heavy atom. The second-order valence-corrected chi connectivity index (χ2v) is 6.06. The molecule has 0 bridgehead atoms. The summed E-state index contributed by atoms with van der Waals surface area (Å²) in [6.45, 7) is 4.59. The quantitative estimate of drug-likeness (QED) is 0.797. The second-order valence-electron chi connectivity index (χ2n) is 6.06. The van der Waals surface area contributed by atoms with Crippen LogP contribution in [0.3, 0.4) is 0 Å². The minimum Gasteiger partial charge on any atom is -0.330 e. The summed E-state index contributed by atoms with van der Waals surface area (Å²) in [7, 11) is 0. The van der Waals surface area contributed by atoms with Gasteiger partial charge in [0, 0.05) is 12.1 Å². The normalized spacial score (nSPS) is 35.3. The lowest BCUT2D eigenvalue weighted by Gasteiger charge is -2.38. The van der Waals surface area contributed by atoms with Crippen molar-refractivity contribution >= 4 is 0 Å². The monoisotopic (exact) mass is 238 g/mol. The molecule has 1 saturated carbocycles. The molecule has 2 heteroatoms. The molecule has 0 aromatic carbocycles. The van der Waals surface area contributed by atoms with Crippen LogP contribution in [-0.4, -0.2) is 30.1 Å². The van der Waals surface area contributed by atoms with Crippen molar-refractivity contribution in [2.45, 2.75) is 76.8 Å². The third kappa shape index (κ3) is 3.45. The molecule has 3 atom stereocenters. The highest BCUT2D eigenvalue weighted by molar-refractivity contribution is 4.88. The van der Waals surface area contributed by atoms with E-state index in [9.17, 15) is 0 Å². The number of hydrogen-bond donors (Lipinski definition) is 1. The SMILES string of the molecule is CCC1CCCC(N2CCCC2CCCN)C1. The van der Waals surface area contributed by atoms with E-state index < -0.39 is 0 Å². The predicted molar refractivity (Wildman–Crippen MR) is 74.1 cm³/mol. The summed E-state index contributed by atoms with van der Waals surface area (Å²) in [5.74, 6) is 1.00. The Kier molecular flexibility index (Phi) is 5.30. The highest BCUT2D eigenvalue weighted by atomic mass is 15.2. The summed E-state index contributed by atoms with van der Waals surface area (Å²) in [4.78, 5) is 2.84. The maximum Gasteiger partial charge on any atom is 0.0101 e. The number of likely N-dealkylation sites (tertiary alicyclic amines) is 1. The van der Waals surface area contributed by atoms with E-state index in [0.717, 1.165) is 24.5 Å². The van der Waals surface area contributed by atoms with Crippen LogP contribution in [0, 0.1) is 5.92 Å². The van der Waals surface area contributed by atoms with Gasteiger partial charge in [-0.25, -0.2) is 0 Å². The summed E-state index contributed by atoms with van der Waals surface area (Å²) < 4.78 is 0. The summed E-state index contributed by atoms with van der Waals surface area (Å²) in [5.41, 5.74) is 5.66. The number of rotatable bonds is 5. The fraction of sp³-hybridized carbons (Fsp3) is 1.00. The van der Waals surface area contributed by atoms with Crippen LogP contribution in [0.5, 0.6) is 0 Å². The van der Waals surface area contributed by atoms with E-state index in [0.29, 0.717) is 0 Å². The first-order valence-corrected chi connectivity index (χ1v) is 7.81. The second kappa shape index (κ2) is 6.75. The third-order valence-corrected chi connectivity index (χ3v) is 4.97. The maximum absolute atomic E-state index is 5.66. The maximum atomic E-state index is 5.66. The van der Waals surface area contributed by atoms with Crippen molar-refractivity contribution in [1.82, 2.24) is 4.90 Å². The Morgan fingerprint density at radius 2 is 2.06 bits per heavy atom. The van der Waals surface area contributed by atoms with Crippen molar-refractivity contribution in [3.63, 3.8) is 0 Å². The molecule has 0 aromatic heterocycles. The molecule has 2 N–H and O–H groups in total. The highest BCUT2D eigenvalue weighted by Crippen LogP contribution is 2.34. The Hall–Kier alpha value is -0.0800. The van der Waals surface area contributed by atoms with Crippen LogP contribution in [0.2, 0.25) is 0 Å². The first-order valence-electron chi connectivity index (χ1n) is 7.81. The molecule has 0 aromatic rings. The zero-order chi connectivity index (χ0) is 12.1. The van der Waals surface area contributed by atoms with E-state index in [2.05, 4.69) is 11.8 Å². The number of nitrogens with two attached hydrogens (primary N) is 1. The van der Waals surface area contributed by atoms with Crippen LogP contribution in [0.4, 0.5) is 0 Å².